The summed E-state index contributed by atoms with van der Waals surface area (Å²) in [6.45, 7) is 7.62. The largest absolute Gasteiger partial charge is 0.488 e. The van der Waals surface area contributed by atoms with Crippen LogP contribution in [-0.4, -0.2) is 25.8 Å². The Kier molecular flexibility index (Phi) is 8.47. The first-order valence-corrected chi connectivity index (χ1v) is 14.1. The molecule has 8 nitrogen and oxygen atoms in total. The summed E-state index contributed by atoms with van der Waals surface area (Å²) in [5.41, 5.74) is 4.69. The summed E-state index contributed by atoms with van der Waals surface area (Å²) in [7, 11) is 0. The van der Waals surface area contributed by atoms with E-state index in [1.54, 1.807) is 12.1 Å². The lowest BCUT2D eigenvalue weighted by molar-refractivity contribution is 0.231. The number of aromatic amines is 1. The van der Waals surface area contributed by atoms with Gasteiger partial charge in [0.05, 0.1) is 17.5 Å². The number of hydrogen-bond donors (Lipinski definition) is 1. The lowest BCUT2D eigenvalue weighted by Crippen LogP contribution is -2.29. The van der Waals surface area contributed by atoms with Crippen molar-refractivity contribution >= 4 is 0 Å². The van der Waals surface area contributed by atoms with E-state index in [2.05, 4.69) is 10.1 Å². The van der Waals surface area contributed by atoms with Crippen LogP contribution in [0, 0.1) is 5.82 Å². The van der Waals surface area contributed by atoms with Gasteiger partial charge in [-0.25, -0.2) is 14.2 Å². The number of aryl methyl sites for hydroxylation is 2. The summed E-state index contributed by atoms with van der Waals surface area (Å²) in [6.07, 6.45) is 2.02. The molecule has 1 N–H and O–H groups in total. The third kappa shape index (κ3) is 5.95. The summed E-state index contributed by atoms with van der Waals surface area (Å²) in [4.78, 5) is 33.5. The topological polar surface area (TPSA) is 103 Å². The maximum Gasteiger partial charge on any atom is 0.439 e. The van der Waals surface area contributed by atoms with Crippen molar-refractivity contribution in [1.29, 1.82) is 0 Å². The zero-order chi connectivity index (χ0) is 29.8. The molecule has 42 heavy (non-hydrogen) atoms. The van der Waals surface area contributed by atoms with Crippen LogP contribution in [0.1, 0.15) is 56.8 Å². The number of nitrogens with zero attached hydrogens (tertiary/aromatic N) is 3. The van der Waals surface area contributed by atoms with E-state index < -0.39 is 11.6 Å². The van der Waals surface area contributed by atoms with Gasteiger partial charge in [-0.05, 0) is 55.2 Å². The van der Waals surface area contributed by atoms with Crippen molar-refractivity contribution in [3.8, 4) is 34.0 Å². The molecule has 2 heterocycles. The predicted molar refractivity (Wildman–Crippen MR) is 160 cm³/mol. The quantitative estimate of drug-likeness (QED) is 0.213. The molecule has 216 valence electrons. The van der Waals surface area contributed by atoms with Gasteiger partial charge in [-0.1, -0.05) is 67.9 Å². The highest BCUT2D eigenvalue weighted by Gasteiger charge is 2.20. The second kappa shape index (κ2) is 12.4. The van der Waals surface area contributed by atoms with Crippen LogP contribution < -0.4 is 16.1 Å². The van der Waals surface area contributed by atoms with Gasteiger partial charge in [0.2, 0.25) is 0 Å². The fourth-order valence-electron chi connectivity index (χ4n) is 5.07. The Morgan fingerprint density at radius 3 is 2.43 bits per heavy atom. The van der Waals surface area contributed by atoms with E-state index in [9.17, 15) is 14.0 Å². The first-order valence-electron chi connectivity index (χ1n) is 14.1. The fourth-order valence-corrected chi connectivity index (χ4v) is 5.07. The van der Waals surface area contributed by atoms with Gasteiger partial charge in [0, 0.05) is 30.0 Å². The molecule has 0 fully saturated rings. The standard InChI is InChI=1S/C33H33FN4O4/c1-5-10-28-26(32(39)38(30(6-2)35-28)23-14-16-29(27(34)19-23)41-20(3)4)18-21-13-15-24(22-11-8-7-9-12-22)25(17-21)31-36-33(40)42-37-31/h7-9,11-17,19-20H,5-6,10,18H2,1-4H3,(H,36,37,40). The highest BCUT2D eigenvalue weighted by Crippen LogP contribution is 2.32. The molecule has 0 spiro atoms. The number of H-pyrrole nitrogens is 1. The summed E-state index contributed by atoms with van der Waals surface area (Å²) >= 11 is 0. The van der Waals surface area contributed by atoms with Crippen molar-refractivity contribution in [3.05, 3.63) is 116 Å². The SMILES string of the molecule is CCCc1nc(CC)n(-c2ccc(OC(C)C)c(F)c2)c(=O)c1Cc1ccc(-c2ccccc2)c(-c2noc(=O)[nH]2)c1. The van der Waals surface area contributed by atoms with Crippen molar-refractivity contribution in [3.63, 3.8) is 0 Å². The summed E-state index contributed by atoms with van der Waals surface area (Å²) < 4.78 is 26.8. The van der Waals surface area contributed by atoms with Crippen molar-refractivity contribution in [2.75, 3.05) is 0 Å². The van der Waals surface area contributed by atoms with Gasteiger partial charge in [0.15, 0.2) is 17.4 Å². The third-order valence-corrected chi connectivity index (χ3v) is 6.92. The molecule has 0 aliphatic heterocycles. The van der Waals surface area contributed by atoms with E-state index in [0.29, 0.717) is 41.3 Å². The molecule has 5 aromatic rings. The number of benzene rings is 3. The van der Waals surface area contributed by atoms with Crippen molar-refractivity contribution in [2.45, 2.75) is 59.5 Å². The van der Waals surface area contributed by atoms with E-state index in [1.165, 1.54) is 10.6 Å². The smallest absolute Gasteiger partial charge is 0.439 e. The molecular formula is C33H33FN4O4. The Morgan fingerprint density at radius 2 is 1.79 bits per heavy atom. The molecule has 9 heteroatoms. The third-order valence-electron chi connectivity index (χ3n) is 6.92. The second-order valence-electron chi connectivity index (χ2n) is 10.3. The average Bonchev–Trinajstić information content (AvgIpc) is 3.42. The zero-order valence-electron chi connectivity index (χ0n) is 24.1. The Hall–Kier alpha value is -4.79. The van der Waals surface area contributed by atoms with Crippen molar-refractivity contribution in [2.24, 2.45) is 0 Å². The molecule has 2 aromatic heterocycles. The lowest BCUT2D eigenvalue weighted by Gasteiger charge is -2.18. The van der Waals surface area contributed by atoms with Crippen LogP contribution in [0.2, 0.25) is 0 Å². The number of hydrogen-bond acceptors (Lipinski definition) is 6. The van der Waals surface area contributed by atoms with Crippen LogP contribution in [0.15, 0.2) is 80.8 Å². The van der Waals surface area contributed by atoms with E-state index in [0.717, 1.165) is 28.8 Å². The van der Waals surface area contributed by atoms with Crippen LogP contribution in [0.5, 0.6) is 5.75 Å². The normalized spacial score (nSPS) is 11.3. The molecule has 3 aromatic carbocycles. The van der Waals surface area contributed by atoms with Crippen LogP contribution in [0.4, 0.5) is 4.39 Å². The van der Waals surface area contributed by atoms with Gasteiger partial charge < -0.3 is 4.74 Å². The Morgan fingerprint density at radius 1 is 1.00 bits per heavy atom. The maximum atomic E-state index is 15.0. The first-order chi connectivity index (χ1) is 20.3. The monoisotopic (exact) mass is 568 g/mol. The van der Waals surface area contributed by atoms with Gasteiger partial charge in [0.1, 0.15) is 5.82 Å². The van der Waals surface area contributed by atoms with Crippen molar-refractivity contribution < 1.29 is 13.7 Å². The van der Waals surface area contributed by atoms with E-state index in [1.807, 2.05) is 76.2 Å². The molecule has 0 saturated heterocycles. The van der Waals surface area contributed by atoms with E-state index >= 15 is 0 Å². The molecule has 0 aliphatic rings. The van der Waals surface area contributed by atoms with Crippen LogP contribution in [0.25, 0.3) is 28.2 Å². The summed E-state index contributed by atoms with van der Waals surface area (Å²) in [5, 5.41) is 3.93. The minimum atomic E-state index is -0.654. The Bertz CT molecular complexity index is 1820. The van der Waals surface area contributed by atoms with Gasteiger partial charge in [-0.3, -0.25) is 18.9 Å². The minimum absolute atomic E-state index is 0.132. The first kappa shape index (κ1) is 28.7. The molecule has 0 aliphatic carbocycles. The minimum Gasteiger partial charge on any atom is -0.488 e. The fraction of sp³-hybridized carbons (Fsp3) is 0.273. The highest BCUT2D eigenvalue weighted by atomic mass is 19.1. The maximum absolute atomic E-state index is 15.0. The predicted octanol–water partition coefficient (Wildman–Crippen LogP) is 6.27. The summed E-state index contributed by atoms with van der Waals surface area (Å²) in [5.74, 6) is -0.210. The number of rotatable bonds is 10. The number of nitrogens with one attached hydrogen (secondary N) is 1. The molecular weight excluding hydrogens is 535 g/mol. The van der Waals surface area contributed by atoms with Gasteiger partial charge >= 0.3 is 5.76 Å². The van der Waals surface area contributed by atoms with E-state index in [-0.39, 0.29) is 23.8 Å². The highest BCUT2D eigenvalue weighted by molar-refractivity contribution is 5.81. The molecule has 0 saturated carbocycles. The Balaban J connectivity index is 1.64. The molecule has 0 bridgehead atoms. The van der Waals surface area contributed by atoms with Crippen LogP contribution >= 0.6 is 0 Å². The second-order valence-corrected chi connectivity index (χ2v) is 10.3. The van der Waals surface area contributed by atoms with Gasteiger partial charge in [0.25, 0.3) is 5.56 Å². The van der Waals surface area contributed by atoms with Gasteiger partial charge in [-0.2, -0.15) is 0 Å². The number of aromatic nitrogens is 4. The van der Waals surface area contributed by atoms with Crippen LogP contribution in [-0.2, 0) is 19.3 Å². The molecule has 5 rings (SSSR count). The number of halogens is 1. The zero-order valence-corrected chi connectivity index (χ0v) is 24.1. The Labute approximate surface area is 242 Å². The number of ether oxygens (including phenoxy) is 1. The lowest BCUT2D eigenvalue weighted by atomic mass is 9.94. The molecule has 0 radical (unpaired) electrons. The molecule has 0 unspecified atom stereocenters. The summed E-state index contributed by atoms with van der Waals surface area (Å²) in [6, 6.07) is 20.1. The average molecular weight is 569 g/mol. The van der Waals surface area contributed by atoms with Gasteiger partial charge in [-0.15, -0.1) is 0 Å². The van der Waals surface area contributed by atoms with Crippen molar-refractivity contribution in [1.82, 2.24) is 19.7 Å². The van der Waals surface area contributed by atoms with Crippen LogP contribution in [0.3, 0.4) is 0 Å². The molecule has 0 amide bonds. The molecule has 0 atom stereocenters. The van der Waals surface area contributed by atoms with E-state index in [4.69, 9.17) is 14.2 Å².